The van der Waals surface area contributed by atoms with E-state index in [4.69, 9.17) is 9.15 Å². The number of hydrogen-bond acceptors (Lipinski definition) is 5. The Hall–Kier alpha value is -1.88. The van der Waals surface area contributed by atoms with Crippen LogP contribution in [-0.4, -0.2) is 34.6 Å². The van der Waals surface area contributed by atoms with Gasteiger partial charge in [-0.1, -0.05) is 6.07 Å². The molecule has 0 amide bonds. The summed E-state index contributed by atoms with van der Waals surface area (Å²) in [6.07, 6.45) is 7.31. The first-order valence-electron chi connectivity index (χ1n) is 7.45. The molecule has 5 nitrogen and oxygen atoms in total. The van der Waals surface area contributed by atoms with Gasteiger partial charge < -0.3 is 9.15 Å². The molecule has 0 aromatic carbocycles. The maximum atomic E-state index is 5.86. The number of ether oxygens (including phenoxy) is 1. The van der Waals surface area contributed by atoms with Crippen molar-refractivity contribution < 1.29 is 9.15 Å². The number of pyridine rings is 1. The molecular formula is C16H21N3O2. The highest BCUT2D eigenvalue weighted by Gasteiger charge is 2.20. The van der Waals surface area contributed by atoms with E-state index in [1.165, 1.54) is 6.39 Å². The van der Waals surface area contributed by atoms with Crippen molar-refractivity contribution in [1.29, 1.82) is 0 Å². The molecule has 1 aliphatic rings. The Kier molecular flexibility index (Phi) is 4.50. The Morgan fingerprint density at radius 1 is 1.33 bits per heavy atom. The second-order valence-electron chi connectivity index (χ2n) is 5.64. The predicted molar refractivity (Wildman–Crippen MR) is 79.0 cm³/mol. The maximum Gasteiger partial charge on any atom is 0.216 e. The summed E-state index contributed by atoms with van der Waals surface area (Å²) in [6.45, 7) is 5.84. The molecule has 0 aliphatic carbocycles. The largest absolute Gasteiger partial charge is 0.477 e. The van der Waals surface area contributed by atoms with Gasteiger partial charge in [0.2, 0.25) is 5.88 Å². The van der Waals surface area contributed by atoms with Crippen LogP contribution in [0.5, 0.6) is 5.88 Å². The van der Waals surface area contributed by atoms with Crippen molar-refractivity contribution in [1.82, 2.24) is 14.9 Å². The lowest BCUT2D eigenvalue weighted by atomic mass is 9.98. The van der Waals surface area contributed by atoms with Crippen LogP contribution < -0.4 is 4.74 Å². The van der Waals surface area contributed by atoms with E-state index in [-0.39, 0.29) is 0 Å². The minimum atomic E-state index is 0.611. The van der Waals surface area contributed by atoms with E-state index in [0.29, 0.717) is 5.92 Å². The number of nitrogens with zero attached hydrogens (tertiary/aromatic N) is 3. The first kappa shape index (κ1) is 14.1. The van der Waals surface area contributed by atoms with Gasteiger partial charge in [0.25, 0.3) is 0 Å². The quantitative estimate of drug-likeness (QED) is 0.846. The second kappa shape index (κ2) is 6.72. The third-order valence-corrected chi connectivity index (χ3v) is 3.99. The van der Waals surface area contributed by atoms with E-state index >= 15 is 0 Å². The Bertz CT molecular complexity index is 548. The van der Waals surface area contributed by atoms with E-state index in [1.54, 1.807) is 12.5 Å². The molecule has 2 aromatic heterocycles. The molecule has 2 aromatic rings. The Balaban J connectivity index is 1.43. The van der Waals surface area contributed by atoms with E-state index in [1.807, 2.05) is 19.1 Å². The van der Waals surface area contributed by atoms with Crippen molar-refractivity contribution in [3.63, 3.8) is 0 Å². The smallest absolute Gasteiger partial charge is 0.216 e. The van der Waals surface area contributed by atoms with Crippen LogP contribution in [-0.2, 0) is 6.54 Å². The molecule has 1 saturated heterocycles. The van der Waals surface area contributed by atoms with E-state index < -0.39 is 0 Å². The molecule has 0 unspecified atom stereocenters. The molecule has 3 heterocycles. The second-order valence-corrected chi connectivity index (χ2v) is 5.64. The van der Waals surface area contributed by atoms with Crippen molar-refractivity contribution in [3.05, 3.63) is 42.2 Å². The normalized spacial score (nSPS) is 17.0. The van der Waals surface area contributed by atoms with Crippen LogP contribution >= 0.6 is 0 Å². The molecule has 0 spiro atoms. The lowest BCUT2D eigenvalue weighted by Gasteiger charge is -2.31. The summed E-state index contributed by atoms with van der Waals surface area (Å²) in [5, 5.41) is 0. The van der Waals surface area contributed by atoms with Gasteiger partial charge in [-0.15, -0.1) is 0 Å². The lowest BCUT2D eigenvalue weighted by Crippen LogP contribution is -2.35. The Morgan fingerprint density at radius 3 is 2.90 bits per heavy atom. The topological polar surface area (TPSA) is 51.4 Å². The standard InChI is InChI=1S/C16H21N3O2/c1-13-3-2-6-17-16(13)21-10-14-4-7-19(8-5-14)9-15-11-20-12-18-15/h2-3,6,11-12,14H,4-5,7-10H2,1H3. The van der Waals surface area contributed by atoms with Crippen LogP contribution in [0.25, 0.3) is 0 Å². The van der Waals surface area contributed by atoms with Gasteiger partial charge in [0.05, 0.1) is 12.3 Å². The third kappa shape index (κ3) is 3.82. The van der Waals surface area contributed by atoms with E-state index in [9.17, 15) is 0 Å². The van der Waals surface area contributed by atoms with Crippen LogP contribution in [0.15, 0.2) is 35.4 Å². The number of aromatic nitrogens is 2. The predicted octanol–water partition coefficient (Wildman–Crippen LogP) is 2.67. The summed E-state index contributed by atoms with van der Waals surface area (Å²) in [5.74, 6) is 1.38. The highest BCUT2D eigenvalue weighted by Crippen LogP contribution is 2.21. The summed E-state index contributed by atoms with van der Waals surface area (Å²) in [6, 6.07) is 3.97. The summed E-state index contributed by atoms with van der Waals surface area (Å²) >= 11 is 0. The van der Waals surface area contributed by atoms with Crippen LogP contribution in [0, 0.1) is 12.8 Å². The van der Waals surface area contributed by atoms with Gasteiger partial charge in [-0.3, -0.25) is 4.90 Å². The zero-order valence-electron chi connectivity index (χ0n) is 12.4. The zero-order valence-corrected chi connectivity index (χ0v) is 12.4. The Labute approximate surface area is 125 Å². The van der Waals surface area contributed by atoms with Gasteiger partial charge in [-0.25, -0.2) is 9.97 Å². The molecule has 5 heteroatoms. The number of piperidine rings is 1. The number of likely N-dealkylation sites (tertiary alicyclic amines) is 1. The number of hydrogen-bond donors (Lipinski definition) is 0. The first-order valence-corrected chi connectivity index (χ1v) is 7.45. The minimum absolute atomic E-state index is 0.611. The fourth-order valence-electron chi connectivity index (χ4n) is 2.68. The molecule has 0 saturated carbocycles. The third-order valence-electron chi connectivity index (χ3n) is 3.99. The Morgan fingerprint density at radius 2 is 2.19 bits per heavy atom. The molecular weight excluding hydrogens is 266 g/mol. The number of rotatable bonds is 5. The van der Waals surface area contributed by atoms with Crippen LogP contribution in [0.3, 0.4) is 0 Å². The number of aryl methyl sites for hydroxylation is 1. The first-order chi connectivity index (χ1) is 10.3. The van der Waals surface area contributed by atoms with Gasteiger partial charge in [0, 0.05) is 18.3 Å². The average molecular weight is 287 g/mol. The minimum Gasteiger partial charge on any atom is -0.477 e. The molecule has 0 N–H and O–H groups in total. The van der Waals surface area contributed by atoms with Gasteiger partial charge >= 0.3 is 0 Å². The van der Waals surface area contributed by atoms with Crippen LogP contribution in [0.4, 0.5) is 0 Å². The van der Waals surface area contributed by atoms with Gasteiger partial charge in [-0.05, 0) is 44.8 Å². The fourth-order valence-corrected chi connectivity index (χ4v) is 2.68. The summed E-state index contributed by atoms with van der Waals surface area (Å²) in [4.78, 5) is 10.9. The van der Waals surface area contributed by atoms with E-state index in [2.05, 4.69) is 14.9 Å². The molecule has 3 rings (SSSR count). The molecule has 21 heavy (non-hydrogen) atoms. The molecule has 112 valence electrons. The molecule has 1 fully saturated rings. The lowest BCUT2D eigenvalue weighted by molar-refractivity contribution is 0.133. The SMILES string of the molecule is Cc1cccnc1OCC1CCN(Cc2cocn2)CC1. The van der Waals surface area contributed by atoms with Crippen molar-refractivity contribution >= 4 is 0 Å². The monoisotopic (exact) mass is 287 g/mol. The van der Waals surface area contributed by atoms with Gasteiger partial charge in [-0.2, -0.15) is 0 Å². The fraction of sp³-hybridized carbons (Fsp3) is 0.500. The molecule has 0 bridgehead atoms. The highest BCUT2D eigenvalue weighted by atomic mass is 16.5. The number of oxazole rings is 1. The summed E-state index contributed by atoms with van der Waals surface area (Å²) < 4.78 is 10.9. The van der Waals surface area contributed by atoms with Crippen LogP contribution in [0.2, 0.25) is 0 Å². The highest BCUT2D eigenvalue weighted by molar-refractivity contribution is 5.23. The van der Waals surface area contributed by atoms with E-state index in [0.717, 1.165) is 56.2 Å². The van der Waals surface area contributed by atoms with Crippen molar-refractivity contribution in [2.75, 3.05) is 19.7 Å². The molecule has 0 atom stereocenters. The molecule has 0 radical (unpaired) electrons. The van der Waals surface area contributed by atoms with Gasteiger partial charge in [0.1, 0.15) is 6.26 Å². The average Bonchev–Trinajstić information content (AvgIpc) is 3.01. The van der Waals surface area contributed by atoms with Crippen LogP contribution in [0.1, 0.15) is 24.1 Å². The summed E-state index contributed by atoms with van der Waals surface area (Å²) in [7, 11) is 0. The van der Waals surface area contributed by atoms with Crippen molar-refractivity contribution in [3.8, 4) is 5.88 Å². The van der Waals surface area contributed by atoms with Gasteiger partial charge in [0.15, 0.2) is 6.39 Å². The zero-order chi connectivity index (χ0) is 14.5. The maximum absolute atomic E-state index is 5.86. The molecule has 1 aliphatic heterocycles. The van der Waals surface area contributed by atoms with Crippen molar-refractivity contribution in [2.24, 2.45) is 5.92 Å². The summed E-state index contributed by atoms with van der Waals surface area (Å²) in [5.41, 5.74) is 2.11. The van der Waals surface area contributed by atoms with Crippen molar-refractivity contribution in [2.45, 2.75) is 26.3 Å².